The molecular weight excluding hydrogens is 271 g/mol. The standard InChI is InChI=1S/C14H8O4.K.H/c15-9-5-1-3-7-11(9)14(18)12-8(13(7)17)4-2-6-10(12)16;;/h1-6,15-16H;;/q;+1;-1. The van der Waals surface area contributed by atoms with E-state index in [1.165, 1.54) is 36.4 Å². The zero-order valence-electron chi connectivity index (χ0n) is 11.2. The summed E-state index contributed by atoms with van der Waals surface area (Å²) >= 11 is 0. The number of rotatable bonds is 0. The third-order valence-electron chi connectivity index (χ3n) is 3.03. The third-order valence-corrected chi connectivity index (χ3v) is 3.03. The van der Waals surface area contributed by atoms with E-state index in [1.807, 2.05) is 0 Å². The molecule has 0 saturated heterocycles. The maximum Gasteiger partial charge on any atom is 1.00 e. The molecule has 1 aliphatic rings. The van der Waals surface area contributed by atoms with Crippen LogP contribution in [0.3, 0.4) is 0 Å². The van der Waals surface area contributed by atoms with E-state index in [-0.39, 0.29) is 92.3 Å². The van der Waals surface area contributed by atoms with Gasteiger partial charge in [0.25, 0.3) is 0 Å². The molecule has 0 spiro atoms. The first-order chi connectivity index (χ1) is 8.61. The van der Waals surface area contributed by atoms with E-state index in [0.717, 1.165) is 0 Å². The van der Waals surface area contributed by atoms with Gasteiger partial charge in [0.05, 0.1) is 11.1 Å². The monoisotopic (exact) mass is 280 g/mol. The zero-order valence-corrected chi connectivity index (χ0v) is 13.3. The molecule has 4 nitrogen and oxygen atoms in total. The summed E-state index contributed by atoms with van der Waals surface area (Å²) in [5, 5.41) is 19.4. The summed E-state index contributed by atoms with van der Waals surface area (Å²) in [6.07, 6.45) is 0. The van der Waals surface area contributed by atoms with Crippen LogP contribution in [0.5, 0.6) is 11.5 Å². The van der Waals surface area contributed by atoms with Crippen LogP contribution in [-0.4, -0.2) is 21.8 Å². The minimum absolute atomic E-state index is 0. The van der Waals surface area contributed by atoms with Crippen molar-refractivity contribution in [3.63, 3.8) is 0 Å². The van der Waals surface area contributed by atoms with Crippen molar-refractivity contribution in [1.82, 2.24) is 0 Å². The second-order valence-electron chi connectivity index (χ2n) is 4.06. The van der Waals surface area contributed by atoms with Gasteiger partial charge in [0.15, 0.2) is 5.78 Å². The predicted octanol–water partition coefficient (Wildman–Crippen LogP) is -1.01. The quantitative estimate of drug-likeness (QED) is 0.518. The molecule has 0 aliphatic heterocycles. The van der Waals surface area contributed by atoms with Crippen molar-refractivity contribution in [1.29, 1.82) is 0 Å². The van der Waals surface area contributed by atoms with Crippen molar-refractivity contribution < 1.29 is 72.6 Å². The summed E-state index contributed by atoms with van der Waals surface area (Å²) in [5.74, 6) is -1.40. The van der Waals surface area contributed by atoms with Crippen LogP contribution < -0.4 is 51.4 Å². The van der Waals surface area contributed by atoms with Gasteiger partial charge in [-0.2, -0.15) is 0 Å². The van der Waals surface area contributed by atoms with E-state index in [9.17, 15) is 19.8 Å². The van der Waals surface area contributed by atoms with Gasteiger partial charge in [0.2, 0.25) is 5.78 Å². The van der Waals surface area contributed by atoms with Crippen LogP contribution in [0.4, 0.5) is 0 Å². The van der Waals surface area contributed by atoms with E-state index in [2.05, 4.69) is 0 Å². The molecule has 0 radical (unpaired) electrons. The molecule has 19 heavy (non-hydrogen) atoms. The Morgan fingerprint density at radius 3 is 1.58 bits per heavy atom. The number of ketones is 2. The Morgan fingerprint density at radius 2 is 1.16 bits per heavy atom. The molecule has 3 rings (SSSR count). The number of hydrogen-bond acceptors (Lipinski definition) is 4. The van der Waals surface area contributed by atoms with Crippen LogP contribution in [0.2, 0.25) is 0 Å². The van der Waals surface area contributed by atoms with E-state index in [0.29, 0.717) is 0 Å². The molecule has 90 valence electrons. The summed E-state index contributed by atoms with van der Waals surface area (Å²) < 4.78 is 0. The second-order valence-corrected chi connectivity index (χ2v) is 4.06. The topological polar surface area (TPSA) is 74.6 Å². The molecule has 0 atom stereocenters. The molecule has 2 aromatic rings. The SMILES string of the molecule is O=C1c2cccc(O)c2C(=O)c2c(O)cccc21.[H-].[K+]. The molecule has 0 amide bonds. The summed E-state index contributed by atoms with van der Waals surface area (Å²) in [6.45, 7) is 0. The number of phenols is 2. The van der Waals surface area contributed by atoms with Crippen LogP contribution in [0.1, 0.15) is 33.3 Å². The fraction of sp³-hybridized carbons (Fsp3) is 0. The van der Waals surface area contributed by atoms with Gasteiger partial charge in [0.1, 0.15) is 11.5 Å². The molecule has 0 unspecified atom stereocenters. The first kappa shape index (κ1) is 14.4. The minimum atomic E-state index is -0.532. The Morgan fingerprint density at radius 1 is 0.737 bits per heavy atom. The fourth-order valence-electron chi connectivity index (χ4n) is 2.21. The van der Waals surface area contributed by atoms with Crippen LogP contribution >= 0.6 is 0 Å². The van der Waals surface area contributed by atoms with Crippen LogP contribution in [-0.2, 0) is 0 Å². The van der Waals surface area contributed by atoms with Crippen LogP contribution in [0.25, 0.3) is 0 Å². The van der Waals surface area contributed by atoms with Crippen molar-refractivity contribution in [2.45, 2.75) is 0 Å². The Balaban J connectivity index is 0.000001000. The third kappa shape index (κ3) is 2.07. The number of aromatic hydroxyl groups is 2. The van der Waals surface area contributed by atoms with Crippen molar-refractivity contribution in [2.75, 3.05) is 0 Å². The molecular formula is C14H9KO4. The molecule has 5 heteroatoms. The van der Waals surface area contributed by atoms with Crippen molar-refractivity contribution in [2.24, 2.45) is 0 Å². The summed E-state index contributed by atoms with van der Waals surface area (Å²) in [5.41, 5.74) is 0.240. The Hall–Kier alpha value is -0.984. The van der Waals surface area contributed by atoms with E-state index >= 15 is 0 Å². The van der Waals surface area contributed by atoms with Gasteiger partial charge >= 0.3 is 51.4 Å². The number of phenolic OH excluding ortho intramolecular Hbond substituents is 2. The van der Waals surface area contributed by atoms with E-state index in [4.69, 9.17) is 0 Å². The Bertz CT molecular complexity index is 655. The molecule has 0 aromatic heterocycles. The first-order valence-corrected chi connectivity index (χ1v) is 5.34. The minimum Gasteiger partial charge on any atom is -1.00 e. The molecule has 0 saturated carbocycles. The fourth-order valence-corrected chi connectivity index (χ4v) is 2.21. The smallest absolute Gasteiger partial charge is 1.00 e. The number of carbonyl (C=O) groups excluding carboxylic acids is 2. The molecule has 1 aliphatic carbocycles. The maximum atomic E-state index is 12.2. The van der Waals surface area contributed by atoms with Crippen molar-refractivity contribution >= 4 is 11.6 Å². The van der Waals surface area contributed by atoms with Gasteiger partial charge < -0.3 is 11.6 Å². The van der Waals surface area contributed by atoms with Gasteiger partial charge in [-0.3, -0.25) is 9.59 Å². The van der Waals surface area contributed by atoms with Crippen LogP contribution in [0.15, 0.2) is 36.4 Å². The molecule has 0 bridgehead atoms. The molecule has 0 heterocycles. The zero-order chi connectivity index (χ0) is 12.9. The number of hydrogen-bond donors (Lipinski definition) is 2. The van der Waals surface area contributed by atoms with Gasteiger partial charge in [-0.05, 0) is 12.1 Å². The Labute approximate surface area is 153 Å². The molecule has 2 aromatic carbocycles. The molecule has 0 fully saturated rings. The number of benzene rings is 2. The second kappa shape index (κ2) is 5.18. The maximum absolute atomic E-state index is 12.2. The normalized spacial score (nSPS) is 12.4. The first-order valence-electron chi connectivity index (χ1n) is 5.34. The Kier molecular flexibility index (Phi) is 3.94. The van der Waals surface area contributed by atoms with Gasteiger partial charge in [-0.25, -0.2) is 0 Å². The van der Waals surface area contributed by atoms with E-state index in [1.54, 1.807) is 0 Å². The average molecular weight is 280 g/mol. The largest absolute Gasteiger partial charge is 1.00 e. The van der Waals surface area contributed by atoms with Gasteiger partial charge in [-0.15, -0.1) is 0 Å². The summed E-state index contributed by atoms with van der Waals surface area (Å²) in [7, 11) is 0. The number of fused-ring (bicyclic) bond motifs is 2. The number of carbonyl (C=O) groups is 2. The van der Waals surface area contributed by atoms with Gasteiger partial charge in [0, 0.05) is 11.1 Å². The summed E-state index contributed by atoms with van der Waals surface area (Å²) in [6, 6.07) is 8.68. The van der Waals surface area contributed by atoms with Crippen molar-refractivity contribution in [3.8, 4) is 11.5 Å². The molecule has 2 N–H and O–H groups in total. The van der Waals surface area contributed by atoms with Crippen LogP contribution in [0, 0.1) is 0 Å². The van der Waals surface area contributed by atoms with Gasteiger partial charge in [-0.1, -0.05) is 24.3 Å². The summed E-state index contributed by atoms with van der Waals surface area (Å²) in [4.78, 5) is 24.4. The predicted molar refractivity (Wildman–Crippen MR) is 64.2 cm³/mol. The van der Waals surface area contributed by atoms with E-state index < -0.39 is 5.78 Å². The van der Waals surface area contributed by atoms with Crippen molar-refractivity contribution in [3.05, 3.63) is 58.7 Å². The average Bonchev–Trinajstić information content (AvgIpc) is 2.35.